The van der Waals surface area contributed by atoms with Crippen molar-refractivity contribution in [2.75, 3.05) is 21.2 Å². The van der Waals surface area contributed by atoms with E-state index in [1.54, 1.807) is 18.0 Å². The summed E-state index contributed by atoms with van der Waals surface area (Å²) < 4.78 is 7.10. The van der Waals surface area contributed by atoms with Crippen molar-refractivity contribution in [3.8, 4) is 5.75 Å². The zero-order valence-corrected chi connectivity index (χ0v) is 13.6. The summed E-state index contributed by atoms with van der Waals surface area (Å²) in [5.41, 5.74) is 0.0884. The SMILES string of the molecule is CCCn1ncc(OC)c1C(=O)C(CC)(CC)N(C)C. The topological polar surface area (TPSA) is 47.4 Å². The maximum atomic E-state index is 13.1. The van der Waals surface area contributed by atoms with E-state index in [0.717, 1.165) is 25.8 Å². The zero-order valence-electron chi connectivity index (χ0n) is 13.6. The molecule has 5 heteroatoms. The number of likely N-dealkylation sites (N-methyl/N-ethyl adjacent to an activating group) is 1. The number of carbonyl (C=O) groups is 1. The van der Waals surface area contributed by atoms with E-state index < -0.39 is 5.54 Å². The quantitative estimate of drug-likeness (QED) is 0.687. The molecule has 5 nitrogen and oxygen atoms in total. The Morgan fingerprint density at radius 3 is 2.35 bits per heavy atom. The highest BCUT2D eigenvalue weighted by molar-refractivity contribution is 6.03. The fourth-order valence-electron chi connectivity index (χ4n) is 2.76. The zero-order chi connectivity index (χ0) is 15.3. The number of hydrogen-bond acceptors (Lipinski definition) is 4. The van der Waals surface area contributed by atoms with Gasteiger partial charge in [0.15, 0.2) is 5.75 Å². The molecule has 0 aliphatic carbocycles. The lowest BCUT2D eigenvalue weighted by molar-refractivity contribution is 0.0640. The third kappa shape index (κ3) is 2.73. The monoisotopic (exact) mass is 281 g/mol. The van der Waals surface area contributed by atoms with Crippen molar-refractivity contribution in [2.45, 2.75) is 52.1 Å². The molecule has 0 atom stereocenters. The molecule has 0 N–H and O–H groups in total. The van der Waals surface area contributed by atoms with Crippen LogP contribution in [0.15, 0.2) is 6.20 Å². The van der Waals surface area contributed by atoms with E-state index >= 15 is 0 Å². The lowest BCUT2D eigenvalue weighted by atomic mass is 9.84. The highest BCUT2D eigenvalue weighted by Gasteiger charge is 2.40. The average Bonchev–Trinajstić information content (AvgIpc) is 2.83. The van der Waals surface area contributed by atoms with Crippen LogP contribution in [0.25, 0.3) is 0 Å². The number of aryl methyl sites for hydroxylation is 1. The first kappa shape index (κ1) is 16.7. The van der Waals surface area contributed by atoms with Crippen LogP contribution in [0, 0.1) is 0 Å². The van der Waals surface area contributed by atoms with E-state index in [1.807, 2.05) is 19.0 Å². The molecule has 0 aliphatic heterocycles. The summed E-state index contributed by atoms with van der Waals surface area (Å²) >= 11 is 0. The molecule has 0 bridgehead atoms. The molecule has 0 saturated carbocycles. The number of ketones is 1. The van der Waals surface area contributed by atoms with Crippen molar-refractivity contribution < 1.29 is 9.53 Å². The number of rotatable bonds is 8. The molecule has 0 saturated heterocycles. The Labute approximate surface area is 121 Å². The Morgan fingerprint density at radius 1 is 1.35 bits per heavy atom. The second-order valence-electron chi connectivity index (χ2n) is 5.25. The molecule has 1 aromatic rings. The fraction of sp³-hybridized carbons (Fsp3) is 0.733. The third-order valence-electron chi connectivity index (χ3n) is 4.12. The second-order valence-corrected chi connectivity index (χ2v) is 5.25. The predicted molar refractivity (Wildman–Crippen MR) is 80.4 cm³/mol. The number of aromatic nitrogens is 2. The molecule has 0 aliphatic rings. The smallest absolute Gasteiger partial charge is 0.204 e. The van der Waals surface area contributed by atoms with Crippen molar-refractivity contribution in [2.24, 2.45) is 0 Å². The van der Waals surface area contributed by atoms with Crippen LogP contribution >= 0.6 is 0 Å². The Kier molecular flexibility index (Phi) is 5.74. The number of methoxy groups -OCH3 is 1. The summed E-state index contributed by atoms with van der Waals surface area (Å²) in [5.74, 6) is 0.659. The van der Waals surface area contributed by atoms with Crippen LogP contribution in [0.3, 0.4) is 0 Å². The molecule has 0 spiro atoms. The molecular weight excluding hydrogens is 254 g/mol. The highest BCUT2D eigenvalue weighted by atomic mass is 16.5. The lowest BCUT2D eigenvalue weighted by Crippen LogP contribution is -2.51. The first-order valence-corrected chi connectivity index (χ1v) is 7.30. The van der Waals surface area contributed by atoms with Crippen LogP contribution in [0.1, 0.15) is 50.5 Å². The Morgan fingerprint density at radius 2 is 1.95 bits per heavy atom. The van der Waals surface area contributed by atoms with Crippen LogP contribution in [0.5, 0.6) is 5.75 Å². The number of Topliss-reactive ketones (excluding diaryl/α,β-unsaturated/α-hetero) is 1. The highest BCUT2D eigenvalue weighted by Crippen LogP contribution is 2.30. The first-order chi connectivity index (χ1) is 9.48. The Bertz CT molecular complexity index is 448. The second kappa shape index (κ2) is 6.88. The van der Waals surface area contributed by atoms with Crippen LogP contribution in [-0.2, 0) is 6.54 Å². The number of carbonyl (C=O) groups excluding carboxylic acids is 1. The summed E-state index contributed by atoms with van der Waals surface area (Å²) in [5, 5.41) is 4.29. The minimum absolute atomic E-state index is 0.0929. The summed E-state index contributed by atoms with van der Waals surface area (Å²) in [7, 11) is 5.50. The number of nitrogens with zero attached hydrogens (tertiary/aromatic N) is 3. The summed E-state index contributed by atoms with van der Waals surface area (Å²) in [6, 6.07) is 0. The van der Waals surface area contributed by atoms with Gasteiger partial charge in [0.1, 0.15) is 5.69 Å². The molecule has 0 amide bonds. The first-order valence-electron chi connectivity index (χ1n) is 7.30. The van der Waals surface area contributed by atoms with E-state index in [-0.39, 0.29) is 5.78 Å². The molecule has 0 unspecified atom stereocenters. The van der Waals surface area contributed by atoms with Crippen LogP contribution in [0.2, 0.25) is 0 Å². The van der Waals surface area contributed by atoms with Gasteiger partial charge in [-0.15, -0.1) is 0 Å². The van der Waals surface area contributed by atoms with E-state index in [2.05, 4.69) is 25.9 Å². The van der Waals surface area contributed by atoms with E-state index in [1.165, 1.54) is 0 Å². The van der Waals surface area contributed by atoms with Crippen LogP contribution < -0.4 is 4.74 Å². The van der Waals surface area contributed by atoms with Crippen molar-refractivity contribution in [1.82, 2.24) is 14.7 Å². The maximum absolute atomic E-state index is 13.1. The van der Waals surface area contributed by atoms with Gasteiger partial charge in [0.2, 0.25) is 5.78 Å². The largest absolute Gasteiger partial charge is 0.493 e. The van der Waals surface area contributed by atoms with Crippen molar-refractivity contribution >= 4 is 5.78 Å². The molecule has 1 heterocycles. The van der Waals surface area contributed by atoms with Gasteiger partial charge < -0.3 is 4.74 Å². The van der Waals surface area contributed by atoms with Gasteiger partial charge in [-0.25, -0.2) is 0 Å². The van der Waals surface area contributed by atoms with Crippen molar-refractivity contribution in [3.05, 3.63) is 11.9 Å². The molecule has 20 heavy (non-hydrogen) atoms. The molecule has 1 aromatic heterocycles. The van der Waals surface area contributed by atoms with Crippen LogP contribution in [0.4, 0.5) is 0 Å². The minimum Gasteiger partial charge on any atom is -0.493 e. The van der Waals surface area contributed by atoms with Gasteiger partial charge in [-0.2, -0.15) is 5.10 Å². The minimum atomic E-state index is -0.501. The molecule has 1 rings (SSSR count). The molecular formula is C15H27N3O2. The van der Waals surface area contributed by atoms with Gasteiger partial charge >= 0.3 is 0 Å². The molecule has 0 radical (unpaired) electrons. The standard InChI is InChI=1S/C15H27N3O2/c1-7-10-18-13(12(20-6)11-16-18)14(19)15(8-2,9-3)17(4)5/h11H,7-10H2,1-6H3. The Hall–Kier alpha value is -1.36. The number of hydrogen-bond donors (Lipinski definition) is 0. The van der Waals surface area contributed by atoms with E-state index in [0.29, 0.717) is 11.4 Å². The average molecular weight is 281 g/mol. The summed E-state index contributed by atoms with van der Waals surface area (Å²) in [6.45, 7) is 6.89. The van der Waals surface area contributed by atoms with Crippen LogP contribution in [-0.4, -0.2) is 47.2 Å². The van der Waals surface area contributed by atoms with Gasteiger partial charge in [-0.1, -0.05) is 20.8 Å². The molecule has 0 fully saturated rings. The van der Waals surface area contributed by atoms with E-state index in [9.17, 15) is 4.79 Å². The summed E-state index contributed by atoms with van der Waals surface area (Å²) in [4.78, 5) is 15.1. The number of ether oxygens (including phenoxy) is 1. The fourth-order valence-corrected chi connectivity index (χ4v) is 2.76. The van der Waals surface area contributed by atoms with Gasteiger partial charge in [-0.3, -0.25) is 14.4 Å². The van der Waals surface area contributed by atoms with Crippen molar-refractivity contribution in [1.29, 1.82) is 0 Å². The third-order valence-corrected chi connectivity index (χ3v) is 4.12. The summed E-state index contributed by atoms with van der Waals surface area (Å²) in [6.07, 6.45) is 4.08. The normalized spacial score (nSPS) is 11.9. The van der Waals surface area contributed by atoms with Crippen molar-refractivity contribution in [3.63, 3.8) is 0 Å². The lowest BCUT2D eigenvalue weighted by Gasteiger charge is -2.37. The van der Waals surface area contributed by atoms with Gasteiger partial charge in [-0.05, 0) is 33.4 Å². The Balaban J connectivity index is 3.34. The maximum Gasteiger partial charge on any atom is 0.204 e. The van der Waals surface area contributed by atoms with Gasteiger partial charge in [0.05, 0.1) is 18.8 Å². The molecule has 0 aromatic carbocycles. The van der Waals surface area contributed by atoms with E-state index in [4.69, 9.17) is 4.74 Å². The molecule has 114 valence electrons. The predicted octanol–water partition coefficient (Wildman–Crippen LogP) is 2.60. The van der Waals surface area contributed by atoms with Gasteiger partial charge in [0.25, 0.3) is 0 Å². The van der Waals surface area contributed by atoms with Gasteiger partial charge in [0, 0.05) is 6.54 Å².